The Hall–Kier alpha value is -1.39. The fourth-order valence-corrected chi connectivity index (χ4v) is 5.04. The molecular formula is C18H26F3NO6. The third kappa shape index (κ3) is 3.39. The maximum Gasteiger partial charge on any atom is 0.471 e. The largest absolute Gasteiger partial charge is 0.481 e. The number of rotatable bonds is 5. The average Bonchev–Trinajstić information content (AvgIpc) is 3.06. The Bertz CT molecular complexity index is 623. The van der Waals surface area contributed by atoms with Gasteiger partial charge in [0.25, 0.3) is 0 Å². The van der Waals surface area contributed by atoms with Crippen LogP contribution in [0.1, 0.15) is 44.9 Å². The van der Waals surface area contributed by atoms with Crippen molar-refractivity contribution in [2.45, 2.75) is 74.9 Å². The van der Waals surface area contributed by atoms with Crippen LogP contribution in [0.3, 0.4) is 0 Å². The van der Waals surface area contributed by atoms with Crippen LogP contribution in [0.25, 0.3) is 0 Å². The van der Waals surface area contributed by atoms with Gasteiger partial charge in [-0.1, -0.05) is 0 Å². The van der Waals surface area contributed by atoms with Gasteiger partial charge in [0.1, 0.15) is 6.10 Å². The molecule has 160 valence electrons. The van der Waals surface area contributed by atoms with Gasteiger partial charge >= 0.3 is 18.1 Å². The van der Waals surface area contributed by atoms with Gasteiger partial charge in [0.2, 0.25) is 0 Å². The molecule has 0 unspecified atom stereocenters. The summed E-state index contributed by atoms with van der Waals surface area (Å²) in [5.74, 6) is -3.21. The number of carbonyl (C=O) groups excluding carboxylic acids is 1. The first-order chi connectivity index (χ1) is 13.1. The highest BCUT2D eigenvalue weighted by Gasteiger charge is 2.63. The van der Waals surface area contributed by atoms with Gasteiger partial charge in [0, 0.05) is 19.8 Å². The highest BCUT2D eigenvalue weighted by molar-refractivity contribution is 5.83. The molecule has 0 aromatic rings. The van der Waals surface area contributed by atoms with Gasteiger partial charge in [-0.15, -0.1) is 0 Å². The third-order valence-corrected chi connectivity index (χ3v) is 6.77. The molecule has 0 spiro atoms. The standard InChI is InChI=1S/C18H26F3NO6/c1-27-13-10-28-8-4-12(13)22(14(23)18(19,20)21)11-3-7-16(9-11,15(24)25)17(26)5-2-6-17/h11-13,26H,2-10H2,1H3,(H,24,25)/t11-,12+,13-,16-/m1/s1. The maximum atomic E-state index is 13.4. The van der Waals surface area contributed by atoms with Crippen molar-refractivity contribution in [1.29, 1.82) is 0 Å². The van der Waals surface area contributed by atoms with E-state index in [1.807, 2.05) is 0 Å². The number of carboxylic acids is 1. The van der Waals surface area contributed by atoms with E-state index in [4.69, 9.17) is 9.47 Å². The number of hydrogen-bond donors (Lipinski definition) is 2. The summed E-state index contributed by atoms with van der Waals surface area (Å²) in [6.45, 7) is 0.246. The molecule has 2 aliphatic carbocycles. The zero-order valence-electron chi connectivity index (χ0n) is 15.7. The number of carboxylic acid groups (broad SMARTS) is 1. The SMILES string of the molecule is CO[C@@H]1COCC[C@@H]1N(C(=O)C(F)(F)F)[C@@H]1CC[C@@](C(=O)O)(C2(O)CCC2)C1. The van der Waals surface area contributed by atoms with Crippen LogP contribution >= 0.6 is 0 Å². The highest BCUT2D eigenvalue weighted by atomic mass is 19.4. The van der Waals surface area contributed by atoms with Crippen molar-refractivity contribution in [1.82, 2.24) is 4.90 Å². The number of amides is 1. The van der Waals surface area contributed by atoms with Crippen LogP contribution in [0.15, 0.2) is 0 Å². The number of methoxy groups -OCH3 is 1. The van der Waals surface area contributed by atoms with Gasteiger partial charge in [0.05, 0.1) is 23.7 Å². The molecule has 7 nitrogen and oxygen atoms in total. The van der Waals surface area contributed by atoms with E-state index in [0.717, 1.165) is 4.90 Å². The second kappa shape index (κ2) is 7.46. The third-order valence-electron chi connectivity index (χ3n) is 6.77. The molecule has 28 heavy (non-hydrogen) atoms. The van der Waals surface area contributed by atoms with Crippen LogP contribution in [0.4, 0.5) is 13.2 Å². The predicted molar refractivity (Wildman–Crippen MR) is 89.4 cm³/mol. The highest BCUT2D eigenvalue weighted by Crippen LogP contribution is 2.56. The van der Waals surface area contributed by atoms with E-state index in [1.54, 1.807) is 0 Å². The number of aliphatic carboxylic acids is 1. The van der Waals surface area contributed by atoms with Gasteiger partial charge in [-0.05, 0) is 44.9 Å². The lowest BCUT2D eigenvalue weighted by molar-refractivity contribution is -0.200. The smallest absolute Gasteiger partial charge is 0.471 e. The summed E-state index contributed by atoms with van der Waals surface area (Å²) in [6, 6.07) is -1.80. The Morgan fingerprint density at radius 3 is 2.39 bits per heavy atom. The van der Waals surface area contributed by atoms with E-state index in [1.165, 1.54) is 7.11 Å². The van der Waals surface area contributed by atoms with Gasteiger partial charge in [-0.2, -0.15) is 13.2 Å². The molecular weight excluding hydrogens is 383 g/mol. The number of nitrogens with zero attached hydrogens (tertiary/aromatic N) is 1. The second-order valence-electron chi connectivity index (χ2n) is 8.08. The van der Waals surface area contributed by atoms with Gasteiger partial charge in [0.15, 0.2) is 0 Å². The van der Waals surface area contributed by atoms with E-state index in [2.05, 4.69) is 0 Å². The first-order valence-corrected chi connectivity index (χ1v) is 9.51. The quantitative estimate of drug-likeness (QED) is 0.718. The molecule has 1 heterocycles. The summed E-state index contributed by atoms with van der Waals surface area (Å²) in [7, 11) is 1.34. The summed E-state index contributed by atoms with van der Waals surface area (Å²) >= 11 is 0. The lowest BCUT2D eigenvalue weighted by Crippen LogP contribution is -2.60. The first-order valence-electron chi connectivity index (χ1n) is 9.51. The molecule has 4 atom stereocenters. The molecule has 1 saturated heterocycles. The first kappa shape index (κ1) is 21.3. The number of halogens is 3. The van der Waals surface area contributed by atoms with Gasteiger partial charge < -0.3 is 24.6 Å². The topological polar surface area (TPSA) is 96.3 Å². The van der Waals surface area contributed by atoms with Crippen molar-refractivity contribution in [3.05, 3.63) is 0 Å². The minimum atomic E-state index is -5.08. The molecule has 0 bridgehead atoms. The van der Waals surface area contributed by atoms with E-state index >= 15 is 0 Å². The van der Waals surface area contributed by atoms with Crippen molar-refractivity contribution in [2.75, 3.05) is 20.3 Å². The lowest BCUT2D eigenvalue weighted by atomic mass is 9.60. The summed E-state index contributed by atoms with van der Waals surface area (Å²) in [4.78, 5) is 25.2. The number of alkyl halides is 3. The Labute approximate surface area is 160 Å². The van der Waals surface area contributed by atoms with Gasteiger partial charge in [-0.25, -0.2) is 0 Å². The minimum Gasteiger partial charge on any atom is -0.481 e. The maximum absolute atomic E-state index is 13.4. The van der Waals surface area contributed by atoms with Gasteiger partial charge in [-0.3, -0.25) is 9.59 Å². The monoisotopic (exact) mass is 409 g/mol. The Balaban J connectivity index is 1.93. The zero-order valence-corrected chi connectivity index (χ0v) is 15.7. The van der Waals surface area contributed by atoms with Crippen molar-refractivity contribution < 1.29 is 42.4 Å². The molecule has 3 fully saturated rings. The summed E-state index contributed by atoms with van der Waals surface area (Å²) in [5.41, 5.74) is -2.97. The molecule has 2 saturated carbocycles. The van der Waals surface area contributed by atoms with E-state index in [9.17, 15) is 33.0 Å². The van der Waals surface area contributed by atoms with Crippen molar-refractivity contribution in [2.24, 2.45) is 5.41 Å². The van der Waals surface area contributed by atoms with E-state index in [0.29, 0.717) is 19.3 Å². The fourth-order valence-electron chi connectivity index (χ4n) is 5.04. The van der Waals surface area contributed by atoms with E-state index in [-0.39, 0.29) is 38.9 Å². The molecule has 3 rings (SSSR count). The lowest BCUT2D eigenvalue weighted by Gasteiger charge is -2.49. The second-order valence-corrected chi connectivity index (χ2v) is 8.08. The van der Waals surface area contributed by atoms with Crippen LogP contribution in [0.5, 0.6) is 0 Å². The normalized spacial score (nSPS) is 35.2. The average molecular weight is 409 g/mol. The number of carbonyl (C=O) groups is 2. The summed E-state index contributed by atoms with van der Waals surface area (Å²) in [6.07, 6.45) is -4.45. The Morgan fingerprint density at radius 1 is 1.21 bits per heavy atom. The number of ether oxygens (including phenoxy) is 2. The summed E-state index contributed by atoms with van der Waals surface area (Å²) in [5, 5.41) is 20.6. The zero-order chi connectivity index (χ0) is 20.7. The number of hydrogen-bond acceptors (Lipinski definition) is 5. The van der Waals surface area contributed by atoms with Crippen LogP contribution < -0.4 is 0 Å². The summed E-state index contributed by atoms with van der Waals surface area (Å²) < 4.78 is 50.6. The predicted octanol–water partition coefficient (Wildman–Crippen LogP) is 1.72. The molecule has 1 amide bonds. The molecule has 0 aromatic carbocycles. The molecule has 2 N–H and O–H groups in total. The Morgan fingerprint density at radius 2 is 1.89 bits per heavy atom. The molecule has 10 heteroatoms. The van der Waals surface area contributed by atoms with E-state index < -0.39 is 47.3 Å². The van der Waals surface area contributed by atoms with Crippen molar-refractivity contribution in [3.8, 4) is 0 Å². The molecule has 3 aliphatic rings. The molecule has 1 aliphatic heterocycles. The molecule has 0 radical (unpaired) electrons. The number of aliphatic hydroxyl groups is 1. The van der Waals surface area contributed by atoms with Crippen molar-refractivity contribution >= 4 is 11.9 Å². The Kier molecular flexibility index (Phi) is 5.68. The van der Waals surface area contributed by atoms with Crippen molar-refractivity contribution in [3.63, 3.8) is 0 Å². The van der Waals surface area contributed by atoms with Crippen LogP contribution in [-0.2, 0) is 19.1 Å². The molecule has 0 aromatic heterocycles. The van der Waals surface area contributed by atoms with Crippen LogP contribution in [0.2, 0.25) is 0 Å². The fraction of sp³-hybridized carbons (Fsp3) is 0.889. The van der Waals surface area contributed by atoms with Crippen LogP contribution in [0, 0.1) is 5.41 Å². The minimum absolute atomic E-state index is 0.0337. The van der Waals surface area contributed by atoms with Crippen LogP contribution in [-0.4, -0.2) is 77.3 Å².